The fourth-order valence-corrected chi connectivity index (χ4v) is 2.05. The molecule has 0 aliphatic rings. The van der Waals surface area contributed by atoms with E-state index in [1.54, 1.807) is 0 Å². The average molecular weight is 206 g/mol. The van der Waals surface area contributed by atoms with Crippen LogP contribution in [-0.4, -0.2) is 5.54 Å². The molecule has 15 heavy (non-hydrogen) atoms. The Hall–Kier alpha value is -0.860. The van der Waals surface area contributed by atoms with E-state index < -0.39 is 0 Å². The molecular weight excluding hydrogens is 184 g/mol. The van der Waals surface area contributed by atoms with Crippen LogP contribution in [0.5, 0.6) is 0 Å². The van der Waals surface area contributed by atoms with Gasteiger partial charge < -0.3 is 11.5 Å². The number of rotatable bonds is 2. The summed E-state index contributed by atoms with van der Waals surface area (Å²) in [4.78, 5) is 0. The van der Waals surface area contributed by atoms with Crippen molar-refractivity contribution in [2.24, 2.45) is 11.5 Å². The maximum atomic E-state index is 6.20. The standard InChI is InChI=1S/C13H22N2/c1-8-6-9(2)11(10(3)7-8)12(14)13(4,5)15/h6-7,12H,14-15H2,1-5H3. The molecular formula is C13H22N2. The van der Waals surface area contributed by atoms with Crippen LogP contribution in [0.4, 0.5) is 0 Å². The van der Waals surface area contributed by atoms with Crippen molar-refractivity contribution in [3.8, 4) is 0 Å². The second kappa shape index (κ2) is 3.95. The molecule has 0 radical (unpaired) electrons. The number of benzene rings is 1. The van der Waals surface area contributed by atoms with Gasteiger partial charge in [-0.3, -0.25) is 0 Å². The minimum absolute atomic E-state index is 0.113. The Morgan fingerprint density at radius 2 is 1.47 bits per heavy atom. The Balaban J connectivity index is 3.26. The van der Waals surface area contributed by atoms with Crippen molar-refractivity contribution in [3.63, 3.8) is 0 Å². The normalized spacial score (nSPS) is 14.1. The first-order valence-corrected chi connectivity index (χ1v) is 5.35. The largest absolute Gasteiger partial charge is 0.324 e. The van der Waals surface area contributed by atoms with Crippen molar-refractivity contribution in [1.82, 2.24) is 0 Å². The fraction of sp³-hybridized carbons (Fsp3) is 0.538. The van der Waals surface area contributed by atoms with E-state index in [4.69, 9.17) is 11.5 Å². The van der Waals surface area contributed by atoms with Gasteiger partial charge in [0.25, 0.3) is 0 Å². The van der Waals surface area contributed by atoms with Crippen LogP contribution < -0.4 is 11.5 Å². The van der Waals surface area contributed by atoms with Gasteiger partial charge in [-0.25, -0.2) is 0 Å². The van der Waals surface area contributed by atoms with Crippen LogP contribution in [0.25, 0.3) is 0 Å². The number of hydrogen-bond donors (Lipinski definition) is 2. The second-order valence-electron chi connectivity index (χ2n) is 5.11. The lowest BCUT2D eigenvalue weighted by atomic mass is 9.85. The van der Waals surface area contributed by atoms with Gasteiger partial charge in [0.2, 0.25) is 0 Å². The summed E-state index contributed by atoms with van der Waals surface area (Å²) in [6.07, 6.45) is 0. The lowest BCUT2D eigenvalue weighted by molar-refractivity contribution is 0.417. The van der Waals surface area contributed by atoms with E-state index in [0.29, 0.717) is 0 Å². The summed E-state index contributed by atoms with van der Waals surface area (Å²) in [7, 11) is 0. The zero-order valence-corrected chi connectivity index (χ0v) is 10.4. The summed E-state index contributed by atoms with van der Waals surface area (Å²) in [6.45, 7) is 10.2. The summed E-state index contributed by atoms with van der Waals surface area (Å²) in [5.41, 5.74) is 16.8. The lowest BCUT2D eigenvalue weighted by Gasteiger charge is -2.30. The molecule has 0 aliphatic heterocycles. The number of nitrogens with two attached hydrogens (primary N) is 2. The van der Waals surface area contributed by atoms with Crippen molar-refractivity contribution in [3.05, 3.63) is 34.4 Å². The first-order valence-electron chi connectivity index (χ1n) is 5.35. The van der Waals surface area contributed by atoms with Gasteiger partial charge in [-0.2, -0.15) is 0 Å². The van der Waals surface area contributed by atoms with Crippen LogP contribution in [0.3, 0.4) is 0 Å². The Kier molecular flexibility index (Phi) is 3.22. The quantitative estimate of drug-likeness (QED) is 0.780. The van der Waals surface area contributed by atoms with E-state index >= 15 is 0 Å². The van der Waals surface area contributed by atoms with Crippen LogP contribution in [0.1, 0.15) is 42.1 Å². The van der Waals surface area contributed by atoms with Gasteiger partial charge in [0.15, 0.2) is 0 Å². The highest BCUT2D eigenvalue weighted by Crippen LogP contribution is 2.27. The Morgan fingerprint density at radius 1 is 1.07 bits per heavy atom. The molecule has 0 aliphatic carbocycles. The van der Waals surface area contributed by atoms with Gasteiger partial charge in [0.1, 0.15) is 0 Å². The van der Waals surface area contributed by atoms with E-state index in [0.717, 1.165) is 0 Å². The van der Waals surface area contributed by atoms with Crippen LogP contribution in [0.2, 0.25) is 0 Å². The molecule has 1 unspecified atom stereocenters. The zero-order chi connectivity index (χ0) is 11.8. The highest BCUT2D eigenvalue weighted by Gasteiger charge is 2.25. The van der Waals surface area contributed by atoms with Crippen LogP contribution in [0.15, 0.2) is 12.1 Å². The lowest BCUT2D eigenvalue weighted by Crippen LogP contribution is -2.44. The fourth-order valence-electron chi connectivity index (χ4n) is 2.05. The molecule has 1 atom stereocenters. The number of aryl methyl sites for hydroxylation is 3. The SMILES string of the molecule is Cc1cc(C)c(C(N)C(C)(C)N)c(C)c1. The molecule has 2 nitrogen and oxygen atoms in total. The van der Waals surface area contributed by atoms with Gasteiger partial charge in [0.05, 0.1) is 0 Å². The molecule has 1 aromatic rings. The third-order valence-electron chi connectivity index (χ3n) is 2.85. The van der Waals surface area contributed by atoms with E-state index in [2.05, 4.69) is 32.9 Å². The average Bonchev–Trinajstić information content (AvgIpc) is 1.99. The molecule has 4 N–H and O–H groups in total. The van der Waals surface area contributed by atoms with E-state index in [-0.39, 0.29) is 11.6 Å². The molecule has 84 valence electrons. The summed E-state index contributed by atoms with van der Waals surface area (Å²) in [5, 5.41) is 0. The molecule has 0 aromatic heterocycles. The predicted octanol–water partition coefficient (Wildman–Crippen LogP) is 2.35. The summed E-state index contributed by atoms with van der Waals surface area (Å²) < 4.78 is 0. The smallest absolute Gasteiger partial charge is 0.0477 e. The Bertz CT molecular complexity index is 338. The maximum Gasteiger partial charge on any atom is 0.0477 e. The third kappa shape index (κ3) is 2.58. The molecule has 0 spiro atoms. The highest BCUT2D eigenvalue weighted by atomic mass is 14.8. The van der Waals surface area contributed by atoms with E-state index in [9.17, 15) is 0 Å². The van der Waals surface area contributed by atoms with Gasteiger partial charge in [-0.15, -0.1) is 0 Å². The van der Waals surface area contributed by atoms with Crippen molar-refractivity contribution < 1.29 is 0 Å². The molecule has 0 saturated heterocycles. The second-order valence-corrected chi connectivity index (χ2v) is 5.11. The summed E-state index contributed by atoms with van der Waals surface area (Å²) in [5.74, 6) is 0. The van der Waals surface area contributed by atoms with Gasteiger partial charge >= 0.3 is 0 Å². The van der Waals surface area contributed by atoms with Gasteiger partial charge in [-0.1, -0.05) is 17.7 Å². The summed E-state index contributed by atoms with van der Waals surface area (Å²) in [6, 6.07) is 4.21. The molecule has 1 aromatic carbocycles. The van der Waals surface area contributed by atoms with Crippen molar-refractivity contribution in [2.45, 2.75) is 46.2 Å². The van der Waals surface area contributed by atoms with Crippen molar-refractivity contribution in [2.75, 3.05) is 0 Å². The zero-order valence-electron chi connectivity index (χ0n) is 10.4. The topological polar surface area (TPSA) is 52.0 Å². The van der Waals surface area contributed by atoms with Gasteiger partial charge in [-0.05, 0) is 51.3 Å². The maximum absolute atomic E-state index is 6.20. The minimum atomic E-state index is -0.384. The van der Waals surface area contributed by atoms with Crippen LogP contribution >= 0.6 is 0 Å². The third-order valence-corrected chi connectivity index (χ3v) is 2.85. The first kappa shape index (κ1) is 12.2. The van der Waals surface area contributed by atoms with Crippen LogP contribution in [-0.2, 0) is 0 Å². The molecule has 0 saturated carbocycles. The molecule has 1 rings (SSSR count). The van der Waals surface area contributed by atoms with Crippen LogP contribution in [0, 0.1) is 20.8 Å². The molecule has 0 bridgehead atoms. The first-order chi connectivity index (χ1) is 6.73. The highest BCUT2D eigenvalue weighted by molar-refractivity contribution is 5.40. The molecule has 2 heteroatoms. The van der Waals surface area contributed by atoms with E-state index in [1.807, 2.05) is 13.8 Å². The molecule has 0 fully saturated rings. The Morgan fingerprint density at radius 3 is 1.80 bits per heavy atom. The summed E-state index contributed by atoms with van der Waals surface area (Å²) >= 11 is 0. The molecule has 0 heterocycles. The monoisotopic (exact) mass is 206 g/mol. The van der Waals surface area contributed by atoms with Crippen molar-refractivity contribution in [1.29, 1.82) is 0 Å². The molecule has 0 amide bonds. The Labute approximate surface area is 92.7 Å². The van der Waals surface area contributed by atoms with Crippen molar-refractivity contribution >= 4 is 0 Å². The predicted molar refractivity (Wildman–Crippen MR) is 65.8 cm³/mol. The van der Waals surface area contributed by atoms with Gasteiger partial charge in [0, 0.05) is 11.6 Å². The number of hydrogen-bond acceptors (Lipinski definition) is 2. The minimum Gasteiger partial charge on any atom is -0.324 e. The van der Waals surface area contributed by atoms with E-state index in [1.165, 1.54) is 22.3 Å².